The molecule has 0 fully saturated rings. The maximum Gasteiger partial charge on any atom is 0.404 e. The van der Waals surface area contributed by atoms with Crippen molar-refractivity contribution in [1.29, 1.82) is 0 Å². The van der Waals surface area contributed by atoms with Gasteiger partial charge >= 0.3 is 6.09 Å². The second-order valence-electron chi connectivity index (χ2n) is 6.27. The number of amides is 1. The van der Waals surface area contributed by atoms with Crippen LogP contribution in [0.2, 0.25) is 0 Å². The summed E-state index contributed by atoms with van der Waals surface area (Å²) >= 11 is 0. The van der Waals surface area contributed by atoms with Gasteiger partial charge in [-0.25, -0.2) is 4.79 Å². The summed E-state index contributed by atoms with van der Waals surface area (Å²) in [7, 11) is 0. The number of hydrogen-bond acceptors (Lipinski definition) is 3. The molecule has 0 heterocycles. The number of unbranched alkanes of at least 4 members (excludes halogenated alkanes) is 2. The minimum Gasteiger partial charge on any atom is -0.450 e. The summed E-state index contributed by atoms with van der Waals surface area (Å²) in [5, 5.41) is 3.80. The molecule has 0 aliphatic heterocycles. The van der Waals surface area contributed by atoms with Gasteiger partial charge in [-0.3, -0.25) is 0 Å². The molecule has 3 atom stereocenters. The number of rotatable bonds is 14. The first-order valence-corrected chi connectivity index (χ1v) is 9.26. The quantitative estimate of drug-likeness (QED) is 0.465. The lowest BCUT2D eigenvalue weighted by molar-refractivity contribution is 0.134. The zero-order valence-corrected chi connectivity index (χ0v) is 15.2. The van der Waals surface area contributed by atoms with Gasteiger partial charge in [0.1, 0.15) is 0 Å². The van der Waals surface area contributed by atoms with Crippen molar-refractivity contribution < 1.29 is 9.53 Å². The molecule has 4 nitrogen and oxygen atoms in total. The Hall–Kier alpha value is -0.770. The van der Waals surface area contributed by atoms with Crippen molar-refractivity contribution in [1.82, 2.24) is 5.32 Å². The van der Waals surface area contributed by atoms with Crippen molar-refractivity contribution in [2.24, 2.45) is 17.6 Å². The highest BCUT2D eigenvalue weighted by Crippen LogP contribution is 2.26. The number of ether oxygens (including phenoxy) is 1. The van der Waals surface area contributed by atoms with E-state index >= 15 is 0 Å². The molecule has 0 aliphatic carbocycles. The third-order valence-electron chi connectivity index (χ3n) is 4.64. The Morgan fingerprint density at radius 3 is 2.09 bits per heavy atom. The minimum atomic E-state index is -0.664. The summed E-state index contributed by atoms with van der Waals surface area (Å²) in [6.07, 6.45) is 8.80. The van der Waals surface area contributed by atoms with Gasteiger partial charge in [-0.15, -0.1) is 0 Å². The van der Waals surface area contributed by atoms with E-state index in [1.807, 2.05) is 0 Å². The first kappa shape index (κ1) is 21.2. The third-order valence-corrected chi connectivity index (χ3v) is 4.64. The lowest BCUT2D eigenvalue weighted by atomic mass is 9.80. The Bertz CT molecular complexity index is 272. The van der Waals surface area contributed by atoms with E-state index in [1.165, 1.54) is 38.5 Å². The van der Waals surface area contributed by atoms with E-state index in [0.717, 1.165) is 19.4 Å². The first-order chi connectivity index (χ1) is 10.6. The molecular weight excluding hydrogens is 276 g/mol. The number of primary amides is 1. The highest BCUT2D eigenvalue weighted by atomic mass is 16.5. The lowest BCUT2D eigenvalue weighted by Crippen LogP contribution is -2.43. The van der Waals surface area contributed by atoms with E-state index in [-0.39, 0.29) is 0 Å². The third kappa shape index (κ3) is 9.29. The van der Waals surface area contributed by atoms with Crippen LogP contribution in [0, 0.1) is 11.8 Å². The van der Waals surface area contributed by atoms with Crippen molar-refractivity contribution >= 4 is 6.09 Å². The molecule has 0 radical (unpaired) electrons. The normalized spacial score (nSPS) is 15.3. The molecule has 0 bridgehead atoms. The van der Waals surface area contributed by atoms with Gasteiger partial charge in [0.25, 0.3) is 0 Å². The highest BCUT2D eigenvalue weighted by Gasteiger charge is 2.26. The Kier molecular flexibility index (Phi) is 13.4. The minimum absolute atomic E-state index is 0.435. The second kappa shape index (κ2) is 13.9. The van der Waals surface area contributed by atoms with Crippen LogP contribution in [0.5, 0.6) is 0 Å². The van der Waals surface area contributed by atoms with E-state index in [0.29, 0.717) is 24.5 Å². The number of nitrogens with two attached hydrogens (primary N) is 1. The number of carbonyl (C=O) groups excluding carboxylic acids is 1. The van der Waals surface area contributed by atoms with E-state index in [4.69, 9.17) is 10.5 Å². The molecule has 22 heavy (non-hydrogen) atoms. The van der Waals surface area contributed by atoms with Crippen LogP contribution in [0.3, 0.4) is 0 Å². The maximum atomic E-state index is 10.8. The molecule has 3 N–H and O–H groups in total. The summed E-state index contributed by atoms with van der Waals surface area (Å²) in [5.74, 6) is 1.24. The molecule has 1 amide bonds. The molecule has 0 aromatic heterocycles. The SMILES string of the molecule is CCCCNC(C(CC)CCCC)C(CC)CCOC(N)=O. The van der Waals surface area contributed by atoms with Crippen LogP contribution in [0.1, 0.15) is 79.1 Å². The second-order valence-corrected chi connectivity index (χ2v) is 6.27. The van der Waals surface area contributed by atoms with Gasteiger partial charge in [0.15, 0.2) is 0 Å². The van der Waals surface area contributed by atoms with Gasteiger partial charge in [0, 0.05) is 6.04 Å². The fourth-order valence-electron chi connectivity index (χ4n) is 3.22. The highest BCUT2D eigenvalue weighted by molar-refractivity contribution is 5.64. The standard InChI is InChI=1S/C18H38N2O2/c1-5-9-11-15(7-3)17(20-13-10-6-2)16(8-4)12-14-22-18(19)21/h15-17,20H,5-14H2,1-4H3,(H2,19,21). The Morgan fingerprint density at radius 1 is 1.00 bits per heavy atom. The largest absolute Gasteiger partial charge is 0.450 e. The van der Waals surface area contributed by atoms with Crippen molar-refractivity contribution in [2.45, 2.75) is 85.1 Å². The van der Waals surface area contributed by atoms with Gasteiger partial charge in [-0.2, -0.15) is 0 Å². The molecule has 0 aromatic rings. The number of hydrogen-bond donors (Lipinski definition) is 2. The van der Waals surface area contributed by atoms with Crippen LogP contribution in [0.4, 0.5) is 4.79 Å². The predicted octanol–water partition coefficient (Wildman–Crippen LogP) is 4.47. The first-order valence-electron chi connectivity index (χ1n) is 9.26. The number of carbonyl (C=O) groups is 1. The summed E-state index contributed by atoms with van der Waals surface area (Å²) in [6.45, 7) is 10.5. The van der Waals surface area contributed by atoms with Crippen LogP contribution in [-0.2, 0) is 4.74 Å². The Morgan fingerprint density at radius 2 is 1.59 bits per heavy atom. The van der Waals surface area contributed by atoms with E-state index in [1.54, 1.807) is 0 Å². The van der Waals surface area contributed by atoms with Crippen molar-refractivity contribution in [3.63, 3.8) is 0 Å². The van der Waals surface area contributed by atoms with Gasteiger partial charge < -0.3 is 15.8 Å². The van der Waals surface area contributed by atoms with Crippen molar-refractivity contribution in [2.75, 3.05) is 13.2 Å². The maximum absolute atomic E-state index is 10.8. The molecule has 0 saturated carbocycles. The molecule has 3 unspecified atom stereocenters. The van der Waals surface area contributed by atoms with Crippen molar-refractivity contribution in [3.8, 4) is 0 Å². The van der Waals surface area contributed by atoms with Gasteiger partial charge in [-0.05, 0) is 37.6 Å². The lowest BCUT2D eigenvalue weighted by Gasteiger charge is -2.34. The molecule has 4 heteroatoms. The van der Waals surface area contributed by atoms with Crippen LogP contribution >= 0.6 is 0 Å². The Balaban J connectivity index is 4.69. The van der Waals surface area contributed by atoms with E-state index < -0.39 is 6.09 Å². The zero-order valence-electron chi connectivity index (χ0n) is 15.2. The predicted molar refractivity (Wildman–Crippen MR) is 93.9 cm³/mol. The summed E-state index contributed by atoms with van der Waals surface area (Å²) in [5.41, 5.74) is 5.07. The van der Waals surface area contributed by atoms with Gasteiger partial charge in [0.05, 0.1) is 6.61 Å². The van der Waals surface area contributed by atoms with E-state index in [9.17, 15) is 4.79 Å². The fraction of sp³-hybridized carbons (Fsp3) is 0.944. The Labute approximate surface area is 137 Å². The average molecular weight is 315 g/mol. The van der Waals surface area contributed by atoms with Crippen LogP contribution in [-0.4, -0.2) is 25.3 Å². The fourth-order valence-corrected chi connectivity index (χ4v) is 3.22. The summed E-state index contributed by atoms with van der Waals surface area (Å²) < 4.78 is 4.96. The van der Waals surface area contributed by atoms with Gasteiger partial charge in [0.2, 0.25) is 0 Å². The summed E-state index contributed by atoms with van der Waals surface area (Å²) in [4.78, 5) is 10.8. The van der Waals surface area contributed by atoms with Gasteiger partial charge in [-0.1, -0.05) is 59.8 Å². The van der Waals surface area contributed by atoms with Crippen LogP contribution in [0.25, 0.3) is 0 Å². The van der Waals surface area contributed by atoms with Crippen LogP contribution < -0.4 is 11.1 Å². The molecule has 0 aliphatic rings. The number of nitrogens with one attached hydrogen (secondary N) is 1. The topological polar surface area (TPSA) is 64.3 Å². The molecule has 0 saturated heterocycles. The molecule has 0 aromatic carbocycles. The van der Waals surface area contributed by atoms with Crippen molar-refractivity contribution in [3.05, 3.63) is 0 Å². The zero-order chi connectivity index (χ0) is 16.8. The molecule has 0 spiro atoms. The molecule has 132 valence electrons. The molecule has 0 rings (SSSR count). The van der Waals surface area contributed by atoms with E-state index in [2.05, 4.69) is 33.0 Å². The van der Waals surface area contributed by atoms with Crippen LogP contribution in [0.15, 0.2) is 0 Å². The smallest absolute Gasteiger partial charge is 0.404 e. The molecular formula is C18H38N2O2. The summed E-state index contributed by atoms with van der Waals surface area (Å²) in [6, 6.07) is 0.518. The monoisotopic (exact) mass is 314 g/mol. The average Bonchev–Trinajstić information content (AvgIpc) is 2.50.